The molecule has 0 unspecified atom stereocenters. The van der Waals surface area contributed by atoms with Gasteiger partial charge in [0.1, 0.15) is 6.04 Å². The van der Waals surface area contributed by atoms with Crippen LogP contribution in [0.25, 0.3) is 0 Å². The van der Waals surface area contributed by atoms with Gasteiger partial charge in [-0.25, -0.2) is 0 Å². The molecule has 6 heteroatoms. The van der Waals surface area contributed by atoms with Crippen molar-refractivity contribution in [1.82, 2.24) is 15.5 Å². The molecule has 2 saturated heterocycles. The first-order chi connectivity index (χ1) is 8.66. The number of amides is 3. The van der Waals surface area contributed by atoms with Gasteiger partial charge in [0.05, 0.1) is 6.54 Å². The van der Waals surface area contributed by atoms with Crippen molar-refractivity contribution in [3.63, 3.8) is 0 Å². The van der Waals surface area contributed by atoms with Gasteiger partial charge < -0.3 is 15.5 Å². The first kappa shape index (κ1) is 12.9. The van der Waals surface area contributed by atoms with Crippen molar-refractivity contribution in [1.29, 1.82) is 0 Å². The average molecular weight is 253 g/mol. The normalized spacial score (nSPS) is 24.7. The van der Waals surface area contributed by atoms with Crippen LogP contribution in [0.5, 0.6) is 0 Å². The lowest BCUT2D eigenvalue weighted by Gasteiger charge is -2.19. The predicted molar refractivity (Wildman–Crippen MR) is 64.6 cm³/mol. The molecule has 0 bridgehead atoms. The van der Waals surface area contributed by atoms with E-state index in [0.717, 1.165) is 19.3 Å². The lowest BCUT2D eigenvalue weighted by atomic mass is 10.1. The first-order valence-electron chi connectivity index (χ1n) is 6.51. The van der Waals surface area contributed by atoms with Gasteiger partial charge in [-0.05, 0) is 25.7 Å². The maximum absolute atomic E-state index is 11.8. The van der Waals surface area contributed by atoms with Crippen LogP contribution in [0.3, 0.4) is 0 Å². The van der Waals surface area contributed by atoms with E-state index in [2.05, 4.69) is 10.6 Å². The van der Waals surface area contributed by atoms with Crippen molar-refractivity contribution in [2.75, 3.05) is 19.6 Å². The van der Waals surface area contributed by atoms with Gasteiger partial charge in [0.25, 0.3) is 0 Å². The molecule has 0 aliphatic carbocycles. The number of nitrogens with one attached hydrogen (secondary N) is 2. The predicted octanol–water partition coefficient (Wildman–Crippen LogP) is -0.606. The molecule has 2 aliphatic rings. The number of hydrogen-bond donors (Lipinski definition) is 2. The Bertz CT molecular complexity index is 356. The molecular weight excluding hydrogens is 234 g/mol. The highest BCUT2D eigenvalue weighted by Gasteiger charge is 2.26. The zero-order valence-corrected chi connectivity index (χ0v) is 10.4. The molecule has 0 saturated carbocycles. The summed E-state index contributed by atoms with van der Waals surface area (Å²) in [5, 5.41) is 5.48. The Morgan fingerprint density at radius 3 is 2.89 bits per heavy atom. The van der Waals surface area contributed by atoms with Crippen LogP contribution in [0, 0.1) is 0 Å². The third-order valence-electron chi connectivity index (χ3n) is 3.38. The van der Waals surface area contributed by atoms with Crippen molar-refractivity contribution in [2.24, 2.45) is 0 Å². The minimum Gasteiger partial charge on any atom is -0.354 e. The Labute approximate surface area is 106 Å². The Balaban J connectivity index is 1.82. The average Bonchev–Trinajstić information content (AvgIpc) is 2.61. The van der Waals surface area contributed by atoms with Gasteiger partial charge in [0.15, 0.2) is 0 Å². The fourth-order valence-electron chi connectivity index (χ4n) is 2.36. The van der Waals surface area contributed by atoms with E-state index in [0.29, 0.717) is 25.9 Å². The molecule has 100 valence electrons. The maximum atomic E-state index is 11.8. The van der Waals surface area contributed by atoms with Gasteiger partial charge in [0, 0.05) is 19.5 Å². The third kappa shape index (κ3) is 3.21. The summed E-state index contributed by atoms with van der Waals surface area (Å²) in [6.45, 7) is 1.39. The minimum atomic E-state index is -0.447. The van der Waals surface area contributed by atoms with Crippen LogP contribution in [0.2, 0.25) is 0 Å². The summed E-state index contributed by atoms with van der Waals surface area (Å²) in [6.07, 6.45) is 3.88. The van der Waals surface area contributed by atoms with Crippen molar-refractivity contribution in [2.45, 2.75) is 38.1 Å². The molecule has 2 heterocycles. The molecular formula is C12H19N3O3. The van der Waals surface area contributed by atoms with Crippen LogP contribution >= 0.6 is 0 Å². The molecule has 2 fully saturated rings. The topological polar surface area (TPSA) is 78.5 Å². The van der Waals surface area contributed by atoms with Crippen molar-refractivity contribution in [3.8, 4) is 0 Å². The third-order valence-corrected chi connectivity index (χ3v) is 3.38. The van der Waals surface area contributed by atoms with Gasteiger partial charge in [0.2, 0.25) is 17.7 Å². The minimum absolute atomic E-state index is 0.0236. The Morgan fingerprint density at radius 1 is 1.33 bits per heavy atom. The Hall–Kier alpha value is -1.59. The second kappa shape index (κ2) is 5.84. The van der Waals surface area contributed by atoms with E-state index in [4.69, 9.17) is 0 Å². The van der Waals surface area contributed by atoms with Crippen molar-refractivity contribution < 1.29 is 14.4 Å². The largest absolute Gasteiger partial charge is 0.354 e. The molecule has 0 spiro atoms. The highest BCUT2D eigenvalue weighted by atomic mass is 16.2. The molecule has 18 heavy (non-hydrogen) atoms. The fourth-order valence-corrected chi connectivity index (χ4v) is 2.36. The molecule has 2 N–H and O–H groups in total. The second-order valence-electron chi connectivity index (χ2n) is 4.83. The molecule has 3 amide bonds. The van der Waals surface area contributed by atoms with Crippen LogP contribution in [0.4, 0.5) is 0 Å². The van der Waals surface area contributed by atoms with E-state index in [1.54, 1.807) is 4.90 Å². The highest BCUT2D eigenvalue weighted by Crippen LogP contribution is 2.09. The van der Waals surface area contributed by atoms with E-state index >= 15 is 0 Å². The number of nitrogens with zero attached hydrogens (tertiary/aromatic N) is 1. The summed E-state index contributed by atoms with van der Waals surface area (Å²) < 4.78 is 0. The summed E-state index contributed by atoms with van der Waals surface area (Å²) in [5.41, 5.74) is 0. The van der Waals surface area contributed by atoms with Crippen LogP contribution in [0.15, 0.2) is 0 Å². The van der Waals surface area contributed by atoms with Crippen LogP contribution in [0.1, 0.15) is 32.1 Å². The highest BCUT2D eigenvalue weighted by molar-refractivity contribution is 5.90. The number of carbonyl (C=O) groups is 3. The lowest BCUT2D eigenvalue weighted by molar-refractivity contribution is -0.134. The molecule has 0 aromatic heterocycles. The quantitative estimate of drug-likeness (QED) is 0.704. The number of rotatable bonds is 3. The molecule has 6 nitrogen and oxygen atoms in total. The van der Waals surface area contributed by atoms with Crippen LogP contribution in [-0.2, 0) is 14.4 Å². The standard InChI is InChI=1S/C12H19N3O3/c16-10(8-15-7-3-5-11(15)17)14-9-4-1-2-6-13-12(9)18/h9H,1-8H2,(H,13,18)(H,14,16)/t9-/m0/s1. The van der Waals surface area contributed by atoms with Crippen LogP contribution in [-0.4, -0.2) is 48.3 Å². The molecule has 0 aromatic rings. The fraction of sp³-hybridized carbons (Fsp3) is 0.750. The van der Waals surface area contributed by atoms with Gasteiger partial charge in [-0.2, -0.15) is 0 Å². The smallest absolute Gasteiger partial charge is 0.242 e. The van der Waals surface area contributed by atoms with E-state index in [1.165, 1.54) is 0 Å². The summed E-state index contributed by atoms with van der Waals surface area (Å²) in [6, 6.07) is -0.447. The second-order valence-corrected chi connectivity index (χ2v) is 4.83. The molecule has 0 aromatic carbocycles. The Morgan fingerprint density at radius 2 is 2.17 bits per heavy atom. The van der Waals surface area contributed by atoms with Gasteiger partial charge in [-0.15, -0.1) is 0 Å². The number of carbonyl (C=O) groups excluding carboxylic acids is 3. The Kier molecular flexibility index (Phi) is 4.17. The molecule has 0 radical (unpaired) electrons. The SMILES string of the molecule is O=C(CN1CCCC1=O)N[C@H]1CCCCNC1=O. The molecule has 2 aliphatic heterocycles. The van der Waals surface area contributed by atoms with E-state index in [9.17, 15) is 14.4 Å². The zero-order chi connectivity index (χ0) is 13.0. The molecule has 1 atom stereocenters. The summed E-state index contributed by atoms with van der Waals surface area (Å²) in [4.78, 5) is 36.4. The van der Waals surface area contributed by atoms with Crippen molar-refractivity contribution in [3.05, 3.63) is 0 Å². The van der Waals surface area contributed by atoms with Crippen molar-refractivity contribution >= 4 is 17.7 Å². The van der Waals surface area contributed by atoms with Gasteiger partial charge >= 0.3 is 0 Å². The monoisotopic (exact) mass is 253 g/mol. The first-order valence-corrected chi connectivity index (χ1v) is 6.51. The van der Waals surface area contributed by atoms with E-state index in [1.807, 2.05) is 0 Å². The van der Waals surface area contributed by atoms with Gasteiger partial charge in [-0.3, -0.25) is 14.4 Å². The zero-order valence-electron chi connectivity index (χ0n) is 10.4. The summed E-state index contributed by atoms with van der Waals surface area (Å²) in [5.74, 6) is -0.337. The lowest BCUT2D eigenvalue weighted by Crippen LogP contribution is -2.48. The summed E-state index contributed by atoms with van der Waals surface area (Å²) in [7, 11) is 0. The summed E-state index contributed by atoms with van der Waals surface area (Å²) >= 11 is 0. The van der Waals surface area contributed by atoms with Crippen LogP contribution < -0.4 is 10.6 Å². The number of hydrogen-bond acceptors (Lipinski definition) is 3. The van der Waals surface area contributed by atoms with E-state index < -0.39 is 6.04 Å². The molecule has 2 rings (SSSR count). The maximum Gasteiger partial charge on any atom is 0.242 e. The number of likely N-dealkylation sites (tertiary alicyclic amines) is 1. The van der Waals surface area contributed by atoms with E-state index in [-0.39, 0.29) is 24.3 Å². The van der Waals surface area contributed by atoms with Gasteiger partial charge in [-0.1, -0.05) is 0 Å².